The zero-order valence-corrected chi connectivity index (χ0v) is 16.1. The summed E-state index contributed by atoms with van der Waals surface area (Å²) in [7, 11) is 0. The van der Waals surface area contributed by atoms with Crippen molar-refractivity contribution < 1.29 is 9.18 Å². The van der Waals surface area contributed by atoms with Gasteiger partial charge in [0.15, 0.2) is 0 Å². The summed E-state index contributed by atoms with van der Waals surface area (Å²) in [6.07, 6.45) is 8.09. The van der Waals surface area contributed by atoms with E-state index in [9.17, 15) is 9.18 Å². The molecular formula is C22H27FN4O. The maximum Gasteiger partial charge on any atom is 0.272 e. The lowest BCUT2D eigenvalue weighted by atomic mass is 9.95. The van der Waals surface area contributed by atoms with Crippen molar-refractivity contribution in [3.63, 3.8) is 0 Å². The smallest absolute Gasteiger partial charge is 0.272 e. The van der Waals surface area contributed by atoms with Crippen LogP contribution in [0.4, 0.5) is 15.8 Å². The number of pyridine rings is 1. The lowest BCUT2D eigenvalue weighted by Gasteiger charge is -2.36. The highest BCUT2D eigenvalue weighted by Gasteiger charge is 2.23. The van der Waals surface area contributed by atoms with Crippen molar-refractivity contribution in [1.82, 2.24) is 9.88 Å². The summed E-state index contributed by atoms with van der Waals surface area (Å²) >= 11 is 0. The fraction of sp³-hybridized carbons (Fsp3) is 0.455. The van der Waals surface area contributed by atoms with Crippen LogP contribution in [-0.4, -0.2) is 48.0 Å². The maximum absolute atomic E-state index is 13.1. The van der Waals surface area contributed by atoms with Crippen molar-refractivity contribution in [3.05, 3.63) is 54.1 Å². The van der Waals surface area contributed by atoms with E-state index in [2.05, 4.69) is 15.2 Å². The molecule has 0 atom stereocenters. The van der Waals surface area contributed by atoms with E-state index < -0.39 is 0 Å². The Bertz CT molecular complexity index is 779. The average Bonchev–Trinajstić information content (AvgIpc) is 2.75. The van der Waals surface area contributed by atoms with Crippen LogP contribution in [0.2, 0.25) is 0 Å². The van der Waals surface area contributed by atoms with E-state index in [1.165, 1.54) is 44.2 Å². The molecule has 0 unspecified atom stereocenters. The number of anilines is 2. The number of rotatable bonds is 4. The summed E-state index contributed by atoms with van der Waals surface area (Å²) in [6, 6.07) is 10.8. The van der Waals surface area contributed by atoms with Gasteiger partial charge in [0.1, 0.15) is 11.5 Å². The third kappa shape index (κ3) is 4.43. The van der Waals surface area contributed by atoms with Crippen molar-refractivity contribution in [3.8, 4) is 0 Å². The second-order valence-corrected chi connectivity index (χ2v) is 7.67. The molecule has 28 heavy (non-hydrogen) atoms. The Morgan fingerprint density at radius 1 is 0.964 bits per heavy atom. The molecule has 2 fully saturated rings. The topological polar surface area (TPSA) is 48.5 Å². The number of hydrogen-bond acceptors (Lipinski definition) is 4. The normalized spacial score (nSPS) is 18.2. The van der Waals surface area contributed by atoms with Gasteiger partial charge in [-0.25, -0.2) is 9.37 Å². The molecule has 0 spiro atoms. The number of benzene rings is 1. The summed E-state index contributed by atoms with van der Waals surface area (Å²) in [5.74, 6) is -0.256. The fourth-order valence-corrected chi connectivity index (χ4v) is 4.07. The highest BCUT2D eigenvalue weighted by molar-refractivity contribution is 5.92. The Morgan fingerprint density at radius 2 is 1.68 bits per heavy atom. The molecule has 2 aliphatic rings. The lowest BCUT2D eigenvalue weighted by Crippen LogP contribution is -2.49. The van der Waals surface area contributed by atoms with Crippen LogP contribution in [-0.2, 0) is 0 Å². The quantitative estimate of drug-likeness (QED) is 0.871. The average molecular weight is 382 g/mol. The number of nitrogens with zero attached hydrogens (tertiary/aromatic N) is 3. The van der Waals surface area contributed by atoms with Gasteiger partial charge < -0.3 is 15.1 Å². The molecule has 6 heteroatoms. The number of piperazine rings is 1. The predicted molar refractivity (Wildman–Crippen MR) is 109 cm³/mol. The van der Waals surface area contributed by atoms with E-state index in [1.54, 1.807) is 18.3 Å². The molecule has 1 aromatic heterocycles. The van der Waals surface area contributed by atoms with Gasteiger partial charge in [-0.05, 0) is 49.2 Å². The Morgan fingerprint density at radius 3 is 2.32 bits per heavy atom. The fourth-order valence-electron chi connectivity index (χ4n) is 4.07. The van der Waals surface area contributed by atoms with Crippen molar-refractivity contribution in [2.45, 2.75) is 38.1 Å². The van der Waals surface area contributed by atoms with Crippen molar-refractivity contribution in [2.75, 3.05) is 36.4 Å². The molecule has 5 nitrogen and oxygen atoms in total. The molecule has 1 aromatic carbocycles. The van der Waals surface area contributed by atoms with E-state index in [4.69, 9.17) is 0 Å². The molecule has 2 heterocycles. The van der Waals surface area contributed by atoms with Gasteiger partial charge in [0.25, 0.3) is 5.91 Å². The van der Waals surface area contributed by atoms with Gasteiger partial charge in [0, 0.05) is 37.9 Å². The minimum atomic E-state index is -0.231. The number of amides is 1. The van der Waals surface area contributed by atoms with Gasteiger partial charge in [-0.1, -0.05) is 19.3 Å². The summed E-state index contributed by atoms with van der Waals surface area (Å²) in [5.41, 5.74) is 2.47. The largest absolute Gasteiger partial charge is 0.381 e. The Hall–Kier alpha value is -2.63. The molecule has 1 N–H and O–H groups in total. The van der Waals surface area contributed by atoms with Crippen LogP contribution < -0.4 is 10.2 Å². The summed E-state index contributed by atoms with van der Waals surface area (Å²) in [5, 5.41) is 3.53. The number of halogens is 1. The standard InChI is InChI=1S/C22H27FN4O/c23-17-6-9-20(10-7-17)26-12-14-27(15-13-26)22(28)21-11-8-19(16-24-21)25-18-4-2-1-3-5-18/h6-11,16,18,25H,1-5,12-15H2. The molecular weight excluding hydrogens is 355 g/mol. The van der Waals surface area contributed by atoms with Gasteiger partial charge in [0.05, 0.1) is 11.9 Å². The SMILES string of the molecule is O=C(c1ccc(NC2CCCCC2)cn1)N1CCN(c2ccc(F)cc2)CC1. The molecule has 0 bridgehead atoms. The zero-order chi connectivity index (χ0) is 19.3. The van der Waals surface area contributed by atoms with Crippen LogP contribution >= 0.6 is 0 Å². The molecule has 1 saturated heterocycles. The number of aromatic nitrogens is 1. The highest BCUT2D eigenvalue weighted by Crippen LogP contribution is 2.22. The van der Waals surface area contributed by atoms with Gasteiger partial charge in [0.2, 0.25) is 0 Å². The van der Waals surface area contributed by atoms with E-state index in [0.717, 1.165) is 24.5 Å². The summed E-state index contributed by atoms with van der Waals surface area (Å²) in [4.78, 5) is 21.2. The number of carbonyl (C=O) groups excluding carboxylic acids is 1. The molecule has 1 aliphatic carbocycles. The number of carbonyl (C=O) groups is 1. The molecule has 4 rings (SSSR count). The molecule has 1 saturated carbocycles. The molecule has 1 amide bonds. The highest BCUT2D eigenvalue weighted by atomic mass is 19.1. The lowest BCUT2D eigenvalue weighted by molar-refractivity contribution is 0.0741. The first kappa shape index (κ1) is 18.7. The molecule has 148 valence electrons. The maximum atomic E-state index is 13.1. The number of nitrogens with one attached hydrogen (secondary N) is 1. The van der Waals surface area contributed by atoms with Crippen molar-refractivity contribution >= 4 is 17.3 Å². The monoisotopic (exact) mass is 382 g/mol. The van der Waals surface area contributed by atoms with E-state index in [-0.39, 0.29) is 11.7 Å². The van der Waals surface area contributed by atoms with Crippen LogP contribution in [0.15, 0.2) is 42.6 Å². The first-order valence-electron chi connectivity index (χ1n) is 10.2. The Balaban J connectivity index is 1.31. The molecule has 0 radical (unpaired) electrons. The van der Waals surface area contributed by atoms with E-state index in [1.807, 2.05) is 17.0 Å². The zero-order valence-electron chi connectivity index (χ0n) is 16.1. The first-order valence-corrected chi connectivity index (χ1v) is 10.2. The van der Waals surface area contributed by atoms with Crippen molar-refractivity contribution in [1.29, 1.82) is 0 Å². The second-order valence-electron chi connectivity index (χ2n) is 7.67. The Kier molecular flexibility index (Phi) is 5.74. The molecule has 2 aromatic rings. The second kappa shape index (κ2) is 8.59. The first-order chi connectivity index (χ1) is 13.7. The third-order valence-electron chi connectivity index (χ3n) is 5.72. The summed E-state index contributed by atoms with van der Waals surface area (Å²) in [6.45, 7) is 2.75. The summed E-state index contributed by atoms with van der Waals surface area (Å²) < 4.78 is 13.1. The minimum absolute atomic E-state index is 0.0250. The van der Waals surface area contributed by atoms with Crippen LogP contribution in [0.25, 0.3) is 0 Å². The van der Waals surface area contributed by atoms with E-state index in [0.29, 0.717) is 24.8 Å². The van der Waals surface area contributed by atoms with Crippen LogP contribution in [0, 0.1) is 5.82 Å². The van der Waals surface area contributed by atoms with Gasteiger partial charge in [-0.3, -0.25) is 4.79 Å². The van der Waals surface area contributed by atoms with Gasteiger partial charge in [-0.15, -0.1) is 0 Å². The van der Waals surface area contributed by atoms with Crippen LogP contribution in [0.1, 0.15) is 42.6 Å². The van der Waals surface area contributed by atoms with Gasteiger partial charge >= 0.3 is 0 Å². The van der Waals surface area contributed by atoms with Gasteiger partial charge in [-0.2, -0.15) is 0 Å². The number of hydrogen-bond donors (Lipinski definition) is 1. The third-order valence-corrected chi connectivity index (χ3v) is 5.72. The minimum Gasteiger partial charge on any atom is -0.381 e. The molecule has 1 aliphatic heterocycles. The van der Waals surface area contributed by atoms with Crippen molar-refractivity contribution in [2.24, 2.45) is 0 Å². The predicted octanol–water partition coefficient (Wildman–Crippen LogP) is 3.93. The van der Waals surface area contributed by atoms with E-state index >= 15 is 0 Å². The Labute approximate surface area is 165 Å². The van der Waals surface area contributed by atoms with Crippen LogP contribution in [0.3, 0.4) is 0 Å². The van der Waals surface area contributed by atoms with Crippen LogP contribution in [0.5, 0.6) is 0 Å².